The molecule has 2 atom stereocenters. The second-order valence-electron chi connectivity index (χ2n) is 5.54. The van der Waals surface area contributed by atoms with Gasteiger partial charge in [0.05, 0.1) is 11.3 Å². The highest BCUT2D eigenvalue weighted by Gasteiger charge is 2.39. The summed E-state index contributed by atoms with van der Waals surface area (Å²) in [4.78, 5) is 11.1. The number of alkyl halides is 3. The maximum atomic E-state index is 13.1. The number of carboxylic acids is 1. The average molecular weight is 345 g/mol. The standard InChI is InChI=1S/C13H14FN3.C2HF3O2/c14-11-1-2-12(10(5-11)6-15)17-4-3-9-7-16-8-13(9)17;3-2(4,5)1(6)7/h1-2,5,9,13,16H,3-4,7-8H2;(H,6,7)/t9-,13+;/m1./s1. The lowest BCUT2D eigenvalue weighted by Crippen LogP contribution is -2.34. The van der Waals surface area contributed by atoms with Crippen molar-refractivity contribution in [3.8, 4) is 6.07 Å². The van der Waals surface area contributed by atoms with Crippen LogP contribution in [-0.2, 0) is 4.79 Å². The highest BCUT2D eigenvalue weighted by molar-refractivity contribution is 5.73. The van der Waals surface area contributed by atoms with Crippen molar-refractivity contribution < 1.29 is 27.5 Å². The van der Waals surface area contributed by atoms with Crippen molar-refractivity contribution in [2.24, 2.45) is 5.92 Å². The number of nitrogens with zero attached hydrogens (tertiary/aromatic N) is 2. The fraction of sp³-hybridized carbons (Fsp3) is 0.467. The van der Waals surface area contributed by atoms with Crippen molar-refractivity contribution in [2.75, 3.05) is 24.5 Å². The molecule has 24 heavy (non-hydrogen) atoms. The Morgan fingerprint density at radius 2 is 2.04 bits per heavy atom. The molecule has 0 radical (unpaired) electrons. The topological polar surface area (TPSA) is 76.4 Å². The summed E-state index contributed by atoms with van der Waals surface area (Å²) in [7, 11) is 0. The van der Waals surface area contributed by atoms with Crippen molar-refractivity contribution in [1.82, 2.24) is 5.32 Å². The lowest BCUT2D eigenvalue weighted by Gasteiger charge is -2.26. The quantitative estimate of drug-likeness (QED) is 0.763. The van der Waals surface area contributed by atoms with E-state index in [1.807, 2.05) is 0 Å². The first-order chi connectivity index (χ1) is 11.2. The van der Waals surface area contributed by atoms with E-state index in [0.29, 0.717) is 17.5 Å². The number of nitrogens with one attached hydrogen (secondary N) is 1. The van der Waals surface area contributed by atoms with Gasteiger partial charge >= 0.3 is 12.1 Å². The number of nitriles is 1. The maximum absolute atomic E-state index is 13.1. The van der Waals surface area contributed by atoms with Crippen LogP contribution < -0.4 is 10.2 Å². The van der Waals surface area contributed by atoms with Gasteiger partial charge < -0.3 is 15.3 Å². The highest BCUT2D eigenvalue weighted by Crippen LogP contribution is 2.33. The third-order valence-electron chi connectivity index (χ3n) is 4.08. The minimum Gasteiger partial charge on any atom is -0.475 e. The summed E-state index contributed by atoms with van der Waals surface area (Å²) in [6.45, 7) is 2.99. The van der Waals surface area contributed by atoms with E-state index >= 15 is 0 Å². The number of carbonyl (C=O) groups is 1. The Kier molecular flexibility index (Phi) is 5.29. The average Bonchev–Trinajstić information content (AvgIpc) is 3.10. The molecule has 2 fully saturated rings. The summed E-state index contributed by atoms with van der Waals surface area (Å²) in [5.41, 5.74) is 1.32. The Morgan fingerprint density at radius 1 is 1.38 bits per heavy atom. The molecule has 3 rings (SSSR count). The van der Waals surface area contributed by atoms with Crippen LogP contribution in [0.4, 0.5) is 23.2 Å². The van der Waals surface area contributed by atoms with Crippen LogP contribution in [0.3, 0.4) is 0 Å². The van der Waals surface area contributed by atoms with Gasteiger partial charge in [-0.1, -0.05) is 0 Å². The summed E-state index contributed by atoms with van der Waals surface area (Å²) >= 11 is 0. The minimum absolute atomic E-state index is 0.342. The van der Waals surface area contributed by atoms with E-state index < -0.39 is 12.1 Å². The van der Waals surface area contributed by atoms with Gasteiger partial charge in [0.2, 0.25) is 0 Å². The Hall–Kier alpha value is -2.34. The van der Waals surface area contributed by atoms with Gasteiger partial charge in [-0.15, -0.1) is 0 Å². The fourth-order valence-electron chi connectivity index (χ4n) is 3.00. The molecule has 0 aromatic heterocycles. The third kappa shape index (κ3) is 3.94. The van der Waals surface area contributed by atoms with Crippen LogP contribution in [0.1, 0.15) is 12.0 Å². The normalized spacial score (nSPS) is 22.4. The lowest BCUT2D eigenvalue weighted by molar-refractivity contribution is -0.192. The van der Waals surface area contributed by atoms with Crippen LogP contribution in [0.2, 0.25) is 0 Å². The molecule has 0 saturated carbocycles. The van der Waals surface area contributed by atoms with Gasteiger partial charge in [0.1, 0.15) is 11.9 Å². The van der Waals surface area contributed by atoms with Gasteiger partial charge in [-0.3, -0.25) is 0 Å². The second kappa shape index (κ2) is 7.05. The molecule has 1 aromatic rings. The molecule has 0 bridgehead atoms. The molecule has 5 nitrogen and oxygen atoms in total. The Balaban J connectivity index is 0.000000256. The number of anilines is 1. The van der Waals surface area contributed by atoms with Gasteiger partial charge in [0.15, 0.2) is 0 Å². The van der Waals surface area contributed by atoms with Crippen molar-refractivity contribution >= 4 is 11.7 Å². The summed E-state index contributed by atoms with van der Waals surface area (Å²) in [6, 6.07) is 7.05. The molecule has 2 aliphatic rings. The largest absolute Gasteiger partial charge is 0.490 e. The highest BCUT2D eigenvalue weighted by atomic mass is 19.4. The number of aliphatic carboxylic acids is 1. The van der Waals surface area contributed by atoms with E-state index in [9.17, 15) is 17.6 Å². The molecule has 0 aliphatic carbocycles. The molecule has 2 aliphatic heterocycles. The molecular formula is C15H15F4N3O2. The number of hydrogen-bond donors (Lipinski definition) is 2. The molecule has 0 amide bonds. The van der Waals surface area contributed by atoms with Crippen molar-refractivity contribution in [3.05, 3.63) is 29.6 Å². The second-order valence-corrected chi connectivity index (χ2v) is 5.54. The van der Waals surface area contributed by atoms with Gasteiger partial charge in [0.25, 0.3) is 0 Å². The zero-order valence-corrected chi connectivity index (χ0v) is 12.5. The predicted octanol–water partition coefficient (Wildman–Crippen LogP) is 2.13. The molecule has 2 heterocycles. The summed E-state index contributed by atoms with van der Waals surface area (Å²) in [6.07, 6.45) is -3.93. The molecule has 130 valence electrons. The molecule has 1 aromatic carbocycles. The number of benzene rings is 1. The maximum Gasteiger partial charge on any atom is 0.490 e. The molecule has 2 saturated heterocycles. The number of rotatable bonds is 1. The molecule has 0 spiro atoms. The molecule has 0 unspecified atom stereocenters. The molecule has 9 heteroatoms. The monoisotopic (exact) mass is 345 g/mol. The van der Waals surface area contributed by atoms with E-state index in [2.05, 4.69) is 16.3 Å². The van der Waals surface area contributed by atoms with Crippen molar-refractivity contribution in [1.29, 1.82) is 5.26 Å². The van der Waals surface area contributed by atoms with Crippen LogP contribution >= 0.6 is 0 Å². The summed E-state index contributed by atoms with van der Waals surface area (Å²) in [5.74, 6) is -2.43. The lowest BCUT2D eigenvalue weighted by atomic mass is 10.0. The zero-order chi connectivity index (χ0) is 17.9. The van der Waals surface area contributed by atoms with Crippen LogP contribution in [0.25, 0.3) is 0 Å². The number of halogens is 4. The number of hydrogen-bond acceptors (Lipinski definition) is 4. The van der Waals surface area contributed by atoms with Crippen molar-refractivity contribution in [3.63, 3.8) is 0 Å². The third-order valence-corrected chi connectivity index (χ3v) is 4.08. The minimum atomic E-state index is -5.08. The molecule has 2 N–H and O–H groups in total. The zero-order valence-electron chi connectivity index (χ0n) is 12.5. The van der Waals surface area contributed by atoms with E-state index in [1.54, 1.807) is 6.07 Å². The Morgan fingerprint density at radius 3 is 2.62 bits per heavy atom. The van der Waals surface area contributed by atoms with E-state index in [1.165, 1.54) is 12.1 Å². The first-order valence-electron chi connectivity index (χ1n) is 7.21. The fourth-order valence-corrected chi connectivity index (χ4v) is 3.00. The SMILES string of the molecule is N#Cc1cc(F)ccc1N1CC[C@@H]2CNC[C@@H]21.O=C(O)C(F)(F)F. The first kappa shape index (κ1) is 18.0. The molecular weight excluding hydrogens is 330 g/mol. The summed E-state index contributed by atoms with van der Waals surface area (Å²) < 4.78 is 44.8. The predicted molar refractivity (Wildman–Crippen MR) is 76.9 cm³/mol. The summed E-state index contributed by atoms with van der Waals surface area (Å²) in [5, 5.41) is 19.6. The van der Waals surface area contributed by atoms with Gasteiger partial charge in [-0.25, -0.2) is 9.18 Å². The smallest absolute Gasteiger partial charge is 0.475 e. The van der Waals surface area contributed by atoms with Crippen LogP contribution in [0.15, 0.2) is 18.2 Å². The number of fused-ring (bicyclic) bond motifs is 1. The Labute approximate surface area is 135 Å². The van der Waals surface area contributed by atoms with Gasteiger partial charge in [-0.2, -0.15) is 18.4 Å². The van der Waals surface area contributed by atoms with Gasteiger partial charge in [0, 0.05) is 25.7 Å². The van der Waals surface area contributed by atoms with Crippen LogP contribution in [0.5, 0.6) is 0 Å². The van der Waals surface area contributed by atoms with E-state index in [4.69, 9.17) is 15.2 Å². The van der Waals surface area contributed by atoms with Gasteiger partial charge in [-0.05, 0) is 30.5 Å². The van der Waals surface area contributed by atoms with E-state index in [-0.39, 0.29) is 5.82 Å². The van der Waals surface area contributed by atoms with Crippen LogP contribution in [0, 0.1) is 23.1 Å². The Bertz CT molecular complexity index is 657. The van der Waals surface area contributed by atoms with E-state index in [0.717, 1.165) is 31.7 Å². The number of carboxylic acid groups (broad SMARTS) is 1. The first-order valence-corrected chi connectivity index (χ1v) is 7.21. The van der Waals surface area contributed by atoms with Crippen LogP contribution in [-0.4, -0.2) is 42.9 Å². The van der Waals surface area contributed by atoms with Crippen molar-refractivity contribution in [2.45, 2.75) is 18.6 Å².